The van der Waals surface area contributed by atoms with E-state index < -0.39 is 0 Å². The van der Waals surface area contributed by atoms with E-state index in [0.29, 0.717) is 11.3 Å². The average molecular weight is 176 g/mol. The Bertz CT molecular complexity index is 167. The highest BCUT2D eigenvalue weighted by Crippen LogP contribution is 2.50. The van der Waals surface area contributed by atoms with Crippen LogP contribution in [0.2, 0.25) is 0 Å². The van der Waals surface area contributed by atoms with Crippen LogP contribution in [0, 0.1) is 11.3 Å². The van der Waals surface area contributed by atoms with Crippen molar-refractivity contribution in [2.75, 3.05) is 12.4 Å². The van der Waals surface area contributed by atoms with Crippen LogP contribution in [0.15, 0.2) is 0 Å². The number of nitrogens with one attached hydrogen (secondary N) is 1. The third kappa shape index (κ3) is 2.37. The molecular formula is C8H14ClNO. The molecule has 1 N–H and O–H groups in total. The standard InChI is InChI=1S/C8H14ClNO/c1-8(2)3-6(8)5-10-7(11)4-9/h6H,3-5H2,1-2H3,(H,10,11). The van der Waals surface area contributed by atoms with E-state index in [-0.39, 0.29) is 11.8 Å². The zero-order valence-corrected chi connectivity index (χ0v) is 7.74. The van der Waals surface area contributed by atoms with Crippen LogP contribution in [-0.4, -0.2) is 18.3 Å². The van der Waals surface area contributed by atoms with Crippen LogP contribution in [0.25, 0.3) is 0 Å². The molecule has 0 bridgehead atoms. The first kappa shape index (κ1) is 8.85. The van der Waals surface area contributed by atoms with Crippen LogP contribution in [0.3, 0.4) is 0 Å². The number of amides is 1. The van der Waals surface area contributed by atoms with Gasteiger partial charge in [0.15, 0.2) is 0 Å². The molecule has 2 nitrogen and oxygen atoms in total. The Labute approximate surface area is 72.3 Å². The maximum Gasteiger partial charge on any atom is 0.234 e. The second-order valence-corrected chi connectivity index (χ2v) is 4.09. The molecule has 0 aliphatic heterocycles. The number of halogens is 1. The smallest absolute Gasteiger partial charge is 0.234 e. The topological polar surface area (TPSA) is 29.1 Å². The molecular weight excluding hydrogens is 162 g/mol. The second-order valence-electron chi connectivity index (χ2n) is 3.83. The van der Waals surface area contributed by atoms with E-state index in [1.54, 1.807) is 0 Å². The maximum atomic E-state index is 10.7. The quantitative estimate of drug-likeness (QED) is 0.646. The van der Waals surface area contributed by atoms with Gasteiger partial charge in [0.1, 0.15) is 5.88 Å². The largest absolute Gasteiger partial charge is 0.355 e. The number of hydrogen-bond acceptors (Lipinski definition) is 1. The van der Waals surface area contributed by atoms with Crippen molar-refractivity contribution in [2.24, 2.45) is 11.3 Å². The Morgan fingerprint density at radius 3 is 2.64 bits per heavy atom. The number of rotatable bonds is 3. The summed E-state index contributed by atoms with van der Waals surface area (Å²) >= 11 is 5.31. The van der Waals surface area contributed by atoms with Crippen LogP contribution < -0.4 is 5.32 Å². The van der Waals surface area contributed by atoms with Crippen molar-refractivity contribution in [1.29, 1.82) is 0 Å². The molecule has 0 heterocycles. The Balaban J connectivity index is 2.11. The van der Waals surface area contributed by atoms with Gasteiger partial charge in [-0.05, 0) is 17.8 Å². The van der Waals surface area contributed by atoms with Crippen molar-refractivity contribution in [1.82, 2.24) is 5.32 Å². The predicted octanol–water partition coefficient (Wildman–Crippen LogP) is 1.39. The average Bonchev–Trinajstić information content (AvgIpc) is 2.54. The Hall–Kier alpha value is -0.240. The molecule has 0 saturated heterocycles. The lowest BCUT2D eigenvalue weighted by molar-refractivity contribution is -0.118. The summed E-state index contributed by atoms with van der Waals surface area (Å²) in [7, 11) is 0. The SMILES string of the molecule is CC1(C)CC1CNC(=O)CCl. The van der Waals surface area contributed by atoms with Crippen molar-refractivity contribution >= 4 is 17.5 Å². The number of carbonyl (C=O) groups is 1. The molecule has 0 aromatic carbocycles. The highest BCUT2D eigenvalue weighted by Gasteiger charge is 2.45. The van der Waals surface area contributed by atoms with Crippen LogP contribution in [0.1, 0.15) is 20.3 Å². The van der Waals surface area contributed by atoms with E-state index in [1.165, 1.54) is 6.42 Å². The predicted molar refractivity (Wildman–Crippen MR) is 45.6 cm³/mol. The summed E-state index contributed by atoms with van der Waals surface area (Å²) < 4.78 is 0. The van der Waals surface area contributed by atoms with Crippen molar-refractivity contribution < 1.29 is 4.79 Å². The van der Waals surface area contributed by atoms with Gasteiger partial charge in [-0.15, -0.1) is 11.6 Å². The molecule has 1 rings (SSSR count). The minimum absolute atomic E-state index is 0.0608. The fourth-order valence-electron chi connectivity index (χ4n) is 1.21. The van der Waals surface area contributed by atoms with Gasteiger partial charge in [0, 0.05) is 6.54 Å². The molecule has 64 valence electrons. The molecule has 0 radical (unpaired) electrons. The first-order valence-corrected chi connectivity index (χ1v) is 4.42. The number of alkyl halides is 1. The van der Waals surface area contributed by atoms with Gasteiger partial charge in [0.2, 0.25) is 5.91 Å². The first-order chi connectivity index (χ1) is 5.06. The molecule has 1 atom stereocenters. The molecule has 1 aliphatic rings. The zero-order valence-electron chi connectivity index (χ0n) is 6.98. The first-order valence-electron chi connectivity index (χ1n) is 3.89. The maximum absolute atomic E-state index is 10.7. The zero-order chi connectivity index (χ0) is 8.48. The summed E-state index contributed by atoms with van der Waals surface area (Å²) in [6.07, 6.45) is 1.22. The van der Waals surface area contributed by atoms with E-state index in [9.17, 15) is 4.79 Å². The monoisotopic (exact) mass is 175 g/mol. The van der Waals surface area contributed by atoms with Crippen LogP contribution in [-0.2, 0) is 4.79 Å². The van der Waals surface area contributed by atoms with Crippen molar-refractivity contribution in [3.63, 3.8) is 0 Å². The molecule has 1 aliphatic carbocycles. The minimum Gasteiger partial charge on any atom is -0.355 e. The van der Waals surface area contributed by atoms with Gasteiger partial charge in [-0.3, -0.25) is 4.79 Å². The van der Waals surface area contributed by atoms with E-state index in [0.717, 1.165) is 6.54 Å². The Morgan fingerprint density at radius 2 is 2.27 bits per heavy atom. The van der Waals surface area contributed by atoms with E-state index >= 15 is 0 Å². The van der Waals surface area contributed by atoms with Crippen molar-refractivity contribution in [2.45, 2.75) is 20.3 Å². The third-order valence-electron chi connectivity index (χ3n) is 2.38. The fourth-order valence-corrected chi connectivity index (χ4v) is 1.30. The fraction of sp³-hybridized carbons (Fsp3) is 0.875. The van der Waals surface area contributed by atoms with Gasteiger partial charge >= 0.3 is 0 Å². The summed E-state index contributed by atoms with van der Waals surface area (Å²) in [6, 6.07) is 0. The molecule has 1 fully saturated rings. The summed E-state index contributed by atoms with van der Waals surface area (Å²) in [4.78, 5) is 10.7. The van der Waals surface area contributed by atoms with Gasteiger partial charge in [0.25, 0.3) is 0 Å². The normalized spacial score (nSPS) is 26.3. The van der Waals surface area contributed by atoms with Gasteiger partial charge in [-0.25, -0.2) is 0 Å². The van der Waals surface area contributed by atoms with Crippen LogP contribution >= 0.6 is 11.6 Å². The molecule has 1 saturated carbocycles. The highest BCUT2D eigenvalue weighted by molar-refractivity contribution is 6.27. The summed E-state index contributed by atoms with van der Waals surface area (Å²) in [6.45, 7) is 5.22. The van der Waals surface area contributed by atoms with Crippen LogP contribution in [0.5, 0.6) is 0 Å². The van der Waals surface area contributed by atoms with Crippen LogP contribution in [0.4, 0.5) is 0 Å². The molecule has 0 aromatic heterocycles. The van der Waals surface area contributed by atoms with Crippen molar-refractivity contribution in [3.8, 4) is 0 Å². The summed E-state index contributed by atoms with van der Waals surface area (Å²) in [5, 5.41) is 2.78. The second kappa shape index (κ2) is 3.02. The summed E-state index contributed by atoms with van der Waals surface area (Å²) in [5.41, 5.74) is 0.444. The lowest BCUT2D eigenvalue weighted by Crippen LogP contribution is -2.27. The number of hydrogen-bond donors (Lipinski definition) is 1. The van der Waals surface area contributed by atoms with E-state index in [2.05, 4.69) is 19.2 Å². The summed E-state index contributed by atoms with van der Waals surface area (Å²) in [5.74, 6) is 0.677. The Kier molecular flexibility index (Phi) is 2.43. The molecule has 0 spiro atoms. The Morgan fingerprint density at radius 1 is 1.73 bits per heavy atom. The highest BCUT2D eigenvalue weighted by atomic mass is 35.5. The molecule has 3 heteroatoms. The van der Waals surface area contributed by atoms with Gasteiger partial charge < -0.3 is 5.32 Å². The third-order valence-corrected chi connectivity index (χ3v) is 2.63. The van der Waals surface area contributed by atoms with E-state index in [1.807, 2.05) is 0 Å². The lowest BCUT2D eigenvalue weighted by atomic mass is 10.1. The van der Waals surface area contributed by atoms with Gasteiger partial charge in [0.05, 0.1) is 0 Å². The molecule has 1 amide bonds. The molecule has 0 aromatic rings. The van der Waals surface area contributed by atoms with Gasteiger partial charge in [-0.1, -0.05) is 13.8 Å². The number of carbonyl (C=O) groups excluding carboxylic acids is 1. The molecule has 1 unspecified atom stereocenters. The van der Waals surface area contributed by atoms with Crippen molar-refractivity contribution in [3.05, 3.63) is 0 Å². The minimum atomic E-state index is -0.0608. The lowest BCUT2D eigenvalue weighted by Gasteiger charge is -2.03. The van der Waals surface area contributed by atoms with Gasteiger partial charge in [-0.2, -0.15) is 0 Å². The molecule has 11 heavy (non-hydrogen) atoms. The van der Waals surface area contributed by atoms with E-state index in [4.69, 9.17) is 11.6 Å².